The van der Waals surface area contributed by atoms with E-state index in [1.807, 2.05) is 0 Å². The van der Waals surface area contributed by atoms with E-state index < -0.39 is 0 Å². The van der Waals surface area contributed by atoms with Gasteiger partial charge in [0.2, 0.25) is 0 Å². The van der Waals surface area contributed by atoms with Crippen LogP contribution in [0.15, 0.2) is 0 Å². The SMILES string of the molecule is CCCCCC[C@H]1C[C@H]1C(=O)CCCCCCC(=O)OC. The van der Waals surface area contributed by atoms with Gasteiger partial charge in [0.05, 0.1) is 7.11 Å². The van der Waals surface area contributed by atoms with Crippen molar-refractivity contribution < 1.29 is 14.3 Å². The van der Waals surface area contributed by atoms with Gasteiger partial charge in [0.1, 0.15) is 5.78 Å². The smallest absolute Gasteiger partial charge is 0.305 e. The van der Waals surface area contributed by atoms with Crippen molar-refractivity contribution in [1.82, 2.24) is 0 Å². The Bertz CT molecular complexity index is 312. The number of Topliss-reactive ketones (excluding diaryl/α,β-unsaturated/α-hetero) is 1. The van der Waals surface area contributed by atoms with E-state index in [0.717, 1.165) is 38.5 Å². The standard InChI is InChI=1S/C18H32O3/c1-3-4-5-8-11-15-14-16(15)17(19)12-9-6-7-10-13-18(20)21-2/h15-16H,3-14H2,1-2H3/t15-,16+/m0/s1. The minimum Gasteiger partial charge on any atom is -0.469 e. The topological polar surface area (TPSA) is 43.4 Å². The third-order valence-electron chi connectivity index (χ3n) is 4.55. The van der Waals surface area contributed by atoms with E-state index >= 15 is 0 Å². The van der Waals surface area contributed by atoms with Gasteiger partial charge in [-0.15, -0.1) is 0 Å². The fraction of sp³-hybridized carbons (Fsp3) is 0.889. The van der Waals surface area contributed by atoms with Crippen molar-refractivity contribution in [2.75, 3.05) is 7.11 Å². The summed E-state index contributed by atoms with van der Waals surface area (Å²) in [5.41, 5.74) is 0. The number of hydrogen-bond acceptors (Lipinski definition) is 3. The first-order valence-electron chi connectivity index (χ1n) is 8.78. The summed E-state index contributed by atoms with van der Waals surface area (Å²) in [4.78, 5) is 23.0. The van der Waals surface area contributed by atoms with Crippen LogP contribution in [0.1, 0.15) is 84.0 Å². The first kappa shape index (κ1) is 18.2. The van der Waals surface area contributed by atoms with Crippen molar-refractivity contribution in [2.45, 2.75) is 84.0 Å². The molecule has 0 heterocycles. The highest BCUT2D eigenvalue weighted by Gasteiger charge is 2.40. The Hall–Kier alpha value is -0.860. The monoisotopic (exact) mass is 296 g/mol. The number of rotatable bonds is 13. The molecule has 21 heavy (non-hydrogen) atoms. The van der Waals surface area contributed by atoms with Crippen molar-refractivity contribution >= 4 is 11.8 Å². The molecular formula is C18H32O3. The summed E-state index contributed by atoms with van der Waals surface area (Å²) in [6, 6.07) is 0. The molecule has 0 saturated heterocycles. The van der Waals surface area contributed by atoms with Crippen molar-refractivity contribution in [3.05, 3.63) is 0 Å². The average molecular weight is 296 g/mol. The van der Waals surface area contributed by atoms with Crippen molar-refractivity contribution in [1.29, 1.82) is 0 Å². The van der Waals surface area contributed by atoms with Crippen LogP contribution in [0.2, 0.25) is 0 Å². The molecule has 1 saturated carbocycles. The predicted molar refractivity (Wildman–Crippen MR) is 85.1 cm³/mol. The molecule has 0 bridgehead atoms. The van der Waals surface area contributed by atoms with Crippen LogP contribution in [0, 0.1) is 11.8 Å². The number of unbranched alkanes of at least 4 members (excludes halogenated alkanes) is 6. The quantitative estimate of drug-likeness (QED) is 0.366. The van der Waals surface area contributed by atoms with E-state index in [9.17, 15) is 9.59 Å². The molecule has 0 N–H and O–H groups in total. The molecule has 0 spiro atoms. The molecule has 0 amide bonds. The van der Waals surface area contributed by atoms with Gasteiger partial charge in [0.25, 0.3) is 0 Å². The van der Waals surface area contributed by atoms with Crippen molar-refractivity contribution in [2.24, 2.45) is 11.8 Å². The molecule has 1 aliphatic carbocycles. The lowest BCUT2D eigenvalue weighted by atomic mass is 10.0. The van der Waals surface area contributed by atoms with E-state index in [2.05, 4.69) is 11.7 Å². The number of ether oxygens (including phenoxy) is 1. The van der Waals surface area contributed by atoms with E-state index in [0.29, 0.717) is 24.0 Å². The highest BCUT2D eigenvalue weighted by Crippen LogP contribution is 2.43. The summed E-state index contributed by atoms with van der Waals surface area (Å²) in [7, 11) is 1.43. The summed E-state index contributed by atoms with van der Waals surface area (Å²) in [6.07, 6.45) is 12.8. The molecule has 0 unspecified atom stereocenters. The number of ketones is 1. The molecule has 2 atom stereocenters. The van der Waals surface area contributed by atoms with Gasteiger partial charge < -0.3 is 4.74 Å². The molecule has 0 aliphatic heterocycles. The Kier molecular flexibility index (Phi) is 9.36. The summed E-state index contributed by atoms with van der Waals surface area (Å²) in [5, 5.41) is 0. The maximum absolute atomic E-state index is 12.0. The number of methoxy groups -OCH3 is 1. The number of carbonyl (C=O) groups excluding carboxylic acids is 2. The van der Waals surface area contributed by atoms with Gasteiger partial charge in [0.15, 0.2) is 0 Å². The zero-order chi connectivity index (χ0) is 15.5. The molecule has 1 aliphatic rings. The lowest BCUT2D eigenvalue weighted by Gasteiger charge is -2.02. The van der Waals surface area contributed by atoms with Gasteiger partial charge in [-0.2, -0.15) is 0 Å². The highest BCUT2D eigenvalue weighted by atomic mass is 16.5. The van der Waals surface area contributed by atoms with E-state index in [4.69, 9.17) is 0 Å². The minimum atomic E-state index is -0.130. The van der Waals surface area contributed by atoms with Gasteiger partial charge in [0, 0.05) is 18.8 Å². The Labute approximate surface area is 129 Å². The fourth-order valence-electron chi connectivity index (χ4n) is 3.00. The van der Waals surface area contributed by atoms with Crippen LogP contribution in [0.25, 0.3) is 0 Å². The van der Waals surface area contributed by atoms with E-state index in [1.54, 1.807) is 0 Å². The Balaban J connectivity index is 1.92. The fourth-order valence-corrected chi connectivity index (χ4v) is 3.00. The highest BCUT2D eigenvalue weighted by molar-refractivity contribution is 5.83. The Morgan fingerprint density at radius 1 is 0.952 bits per heavy atom. The third kappa shape index (κ3) is 8.23. The summed E-state index contributed by atoms with van der Waals surface area (Å²) in [6.45, 7) is 2.23. The molecule has 1 rings (SSSR count). The third-order valence-corrected chi connectivity index (χ3v) is 4.55. The van der Waals surface area contributed by atoms with Crippen LogP contribution < -0.4 is 0 Å². The molecule has 0 radical (unpaired) electrons. The number of hydrogen-bond donors (Lipinski definition) is 0. The number of carbonyl (C=O) groups is 2. The maximum atomic E-state index is 12.0. The number of esters is 1. The van der Waals surface area contributed by atoms with Gasteiger partial charge in [-0.05, 0) is 31.6 Å². The molecule has 3 nitrogen and oxygen atoms in total. The second-order valence-corrected chi connectivity index (χ2v) is 6.41. The molecule has 122 valence electrons. The van der Waals surface area contributed by atoms with Gasteiger partial charge in [-0.25, -0.2) is 0 Å². The zero-order valence-corrected chi connectivity index (χ0v) is 13.9. The Morgan fingerprint density at radius 2 is 1.62 bits per heavy atom. The summed E-state index contributed by atoms with van der Waals surface area (Å²) >= 11 is 0. The van der Waals surface area contributed by atoms with Gasteiger partial charge >= 0.3 is 5.97 Å². The van der Waals surface area contributed by atoms with Crippen LogP contribution in [0.5, 0.6) is 0 Å². The van der Waals surface area contributed by atoms with Gasteiger partial charge in [-0.3, -0.25) is 9.59 Å². The largest absolute Gasteiger partial charge is 0.469 e. The first-order chi connectivity index (χ1) is 10.2. The van der Waals surface area contributed by atoms with Crippen LogP contribution >= 0.6 is 0 Å². The molecule has 0 aromatic rings. The second kappa shape index (κ2) is 10.8. The normalized spacial score (nSPS) is 20.3. The lowest BCUT2D eigenvalue weighted by molar-refractivity contribution is -0.140. The molecule has 0 aromatic carbocycles. The zero-order valence-electron chi connectivity index (χ0n) is 13.9. The molecule has 0 aromatic heterocycles. The first-order valence-corrected chi connectivity index (χ1v) is 8.78. The molecule has 1 fully saturated rings. The molecular weight excluding hydrogens is 264 g/mol. The maximum Gasteiger partial charge on any atom is 0.305 e. The van der Waals surface area contributed by atoms with E-state index in [-0.39, 0.29) is 5.97 Å². The second-order valence-electron chi connectivity index (χ2n) is 6.41. The van der Waals surface area contributed by atoms with Crippen LogP contribution in [-0.4, -0.2) is 18.9 Å². The van der Waals surface area contributed by atoms with Crippen molar-refractivity contribution in [3.8, 4) is 0 Å². The summed E-state index contributed by atoms with van der Waals surface area (Å²) in [5.74, 6) is 1.45. The predicted octanol–water partition coefficient (Wildman–Crippen LogP) is 4.68. The lowest BCUT2D eigenvalue weighted by Crippen LogP contribution is -2.03. The average Bonchev–Trinajstić information content (AvgIpc) is 3.26. The van der Waals surface area contributed by atoms with Crippen LogP contribution in [0.4, 0.5) is 0 Å². The van der Waals surface area contributed by atoms with Gasteiger partial charge in [-0.1, -0.05) is 45.4 Å². The molecule has 3 heteroatoms. The van der Waals surface area contributed by atoms with Crippen LogP contribution in [-0.2, 0) is 14.3 Å². The minimum absolute atomic E-state index is 0.130. The van der Waals surface area contributed by atoms with E-state index in [1.165, 1.54) is 39.2 Å². The Morgan fingerprint density at radius 3 is 2.29 bits per heavy atom. The van der Waals surface area contributed by atoms with Crippen LogP contribution in [0.3, 0.4) is 0 Å². The summed E-state index contributed by atoms with van der Waals surface area (Å²) < 4.78 is 4.60. The van der Waals surface area contributed by atoms with Crippen molar-refractivity contribution in [3.63, 3.8) is 0 Å².